The second-order valence-corrected chi connectivity index (χ2v) is 3.17. The number of nitrogens with zero attached hydrogens (tertiary/aromatic N) is 1. The van der Waals surface area contributed by atoms with Gasteiger partial charge >= 0.3 is 0 Å². The predicted molar refractivity (Wildman–Crippen MR) is 53.3 cm³/mol. The van der Waals surface area contributed by atoms with Crippen LogP contribution in [0.15, 0.2) is 12.3 Å². The summed E-state index contributed by atoms with van der Waals surface area (Å²) < 4.78 is 30.8. The van der Waals surface area contributed by atoms with E-state index < -0.39 is 11.6 Å². The third-order valence-electron chi connectivity index (χ3n) is 2.07. The maximum atomic E-state index is 13.1. The van der Waals surface area contributed by atoms with Crippen LogP contribution >= 0.6 is 12.4 Å². The molecular weight excluding hydrogens is 226 g/mol. The normalized spacial score (nSPS) is 19.7. The van der Waals surface area contributed by atoms with Crippen molar-refractivity contribution < 1.29 is 13.5 Å². The van der Waals surface area contributed by atoms with Crippen molar-refractivity contribution >= 4 is 12.4 Å². The number of rotatable bonds is 2. The summed E-state index contributed by atoms with van der Waals surface area (Å²) in [5.74, 6) is -1.57. The number of nitrogens with one attached hydrogen (secondary N) is 1. The van der Waals surface area contributed by atoms with Gasteiger partial charge in [0.05, 0.1) is 6.20 Å². The van der Waals surface area contributed by atoms with Gasteiger partial charge in [-0.2, -0.15) is 0 Å². The summed E-state index contributed by atoms with van der Waals surface area (Å²) in [5.41, 5.74) is 0. The van der Waals surface area contributed by atoms with E-state index in [1.54, 1.807) is 0 Å². The minimum Gasteiger partial charge on any atom is -0.471 e. The van der Waals surface area contributed by atoms with Gasteiger partial charge in [0.2, 0.25) is 0 Å². The smallest absolute Gasteiger partial charge is 0.250 e. The highest BCUT2D eigenvalue weighted by Gasteiger charge is 2.18. The van der Waals surface area contributed by atoms with Crippen molar-refractivity contribution in [2.24, 2.45) is 0 Å². The zero-order chi connectivity index (χ0) is 9.97. The third kappa shape index (κ3) is 3.00. The van der Waals surface area contributed by atoms with E-state index in [1.165, 1.54) is 0 Å². The fourth-order valence-electron chi connectivity index (χ4n) is 1.38. The first-order valence-electron chi connectivity index (χ1n) is 4.44. The van der Waals surface area contributed by atoms with Gasteiger partial charge in [-0.05, 0) is 13.0 Å². The molecule has 1 N–H and O–H groups in total. The average Bonchev–Trinajstić information content (AvgIpc) is 2.62. The van der Waals surface area contributed by atoms with Crippen LogP contribution in [-0.2, 0) is 0 Å². The van der Waals surface area contributed by atoms with E-state index in [1.807, 2.05) is 0 Å². The Kier molecular flexibility index (Phi) is 4.23. The second-order valence-electron chi connectivity index (χ2n) is 3.17. The molecule has 0 radical (unpaired) electrons. The molecule has 1 fully saturated rings. The fraction of sp³-hybridized carbons (Fsp3) is 0.444. The highest BCUT2D eigenvalue weighted by atomic mass is 35.5. The average molecular weight is 237 g/mol. The molecule has 1 aromatic rings. The molecule has 2 heterocycles. The van der Waals surface area contributed by atoms with Crippen LogP contribution in [0.4, 0.5) is 8.78 Å². The van der Waals surface area contributed by atoms with E-state index in [9.17, 15) is 8.78 Å². The van der Waals surface area contributed by atoms with E-state index >= 15 is 0 Å². The van der Waals surface area contributed by atoms with Crippen LogP contribution in [0, 0.1) is 11.6 Å². The van der Waals surface area contributed by atoms with Crippen molar-refractivity contribution in [1.82, 2.24) is 10.3 Å². The molecule has 84 valence electrons. The number of pyridine rings is 1. The highest BCUT2D eigenvalue weighted by Crippen LogP contribution is 2.17. The lowest BCUT2D eigenvalue weighted by Gasteiger charge is -2.11. The number of ether oxygens (including phenoxy) is 1. The van der Waals surface area contributed by atoms with Crippen LogP contribution in [-0.4, -0.2) is 24.2 Å². The molecule has 1 aliphatic rings. The third-order valence-corrected chi connectivity index (χ3v) is 2.07. The molecule has 0 bridgehead atoms. The summed E-state index contributed by atoms with van der Waals surface area (Å²) in [6.07, 6.45) is 1.70. The Morgan fingerprint density at radius 2 is 2.27 bits per heavy atom. The zero-order valence-electron chi connectivity index (χ0n) is 7.87. The Bertz CT molecular complexity index is 332. The van der Waals surface area contributed by atoms with Gasteiger partial charge in [0, 0.05) is 12.6 Å². The van der Waals surface area contributed by atoms with Gasteiger partial charge < -0.3 is 10.1 Å². The lowest BCUT2D eigenvalue weighted by Crippen LogP contribution is -2.20. The van der Waals surface area contributed by atoms with Crippen LogP contribution in [0.2, 0.25) is 0 Å². The summed E-state index contributed by atoms with van der Waals surface area (Å²) in [6.45, 7) is 1.53. The zero-order valence-corrected chi connectivity index (χ0v) is 8.69. The monoisotopic (exact) mass is 236 g/mol. The van der Waals surface area contributed by atoms with Crippen molar-refractivity contribution in [3.63, 3.8) is 0 Å². The van der Waals surface area contributed by atoms with Crippen LogP contribution in [0.1, 0.15) is 6.42 Å². The lowest BCUT2D eigenvalue weighted by molar-refractivity contribution is 0.202. The number of aromatic nitrogens is 1. The molecule has 0 aromatic carbocycles. The first-order chi connectivity index (χ1) is 6.75. The predicted octanol–water partition coefficient (Wildman–Crippen LogP) is 1.52. The van der Waals surface area contributed by atoms with Gasteiger partial charge in [-0.15, -0.1) is 12.4 Å². The maximum absolute atomic E-state index is 13.1. The van der Waals surface area contributed by atoms with Crippen molar-refractivity contribution in [3.8, 4) is 5.88 Å². The molecule has 0 unspecified atom stereocenters. The van der Waals surface area contributed by atoms with Gasteiger partial charge in [0.15, 0.2) is 5.82 Å². The highest BCUT2D eigenvalue weighted by molar-refractivity contribution is 5.85. The Balaban J connectivity index is 0.00000112. The van der Waals surface area contributed by atoms with E-state index in [-0.39, 0.29) is 24.4 Å². The summed E-state index contributed by atoms with van der Waals surface area (Å²) in [6, 6.07) is 0.769. The SMILES string of the molecule is Cl.Fc1cnc(O[C@@H]2CCNC2)c(F)c1. The van der Waals surface area contributed by atoms with Gasteiger partial charge in [-0.1, -0.05) is 0 Å². The Morgan fingerprint density at radius 3 is 2.87 bits per heavy atom. The molecule has 15 heavy (non-hydrogen) atoms. The maximum Gasteiger partial charge on any atom is 0.250 e. The molecule has 3 nitrogen and oxygen atoms in total. The van der Waals surface area contributed by atoms with Crippen molar-refractivity contribution in [2.45, 2.75) is 12.5 Å². The summed E-state index contributed by atoms with van der Waals surface area (Å²) in [4.78, 5) is 3.54. The Morgan fingerprint density at radius 1 is 1.47 bits per heavy atom. The van der Waals surface area contributed by atoms with Crippen molar-refractivity contribution in [1.29, 1.82) is 0 Å². The number of halogens is 3. The molecule has 6 heteroatoms. The largest absolute Gasteiger partial charge is 0.471 e. The van der Waals surface area contributed by atoms with Gasteiger partial charge in [-0.25, -0.2) is 13.8 Å². The standard InChI is InChI=1S/C9H10F2N2O.ClH/c10-6-3-8(11)9(13-4-6)14-7-1-2-12-5-7;/h3-4,7,12H,1-2,5H2;1H/t7-;/m1./s1. The van der Waals surface area contributed by atoms with Crippen molar-refractivity contribution in [2.75, 3.05) is 13.1 Å². The van der Waals surface area contributed by atoms with E-state index in [4.69, 9.17) is 4.74 Å². The van der Waals surface area contributed by atoms with Crippen LogP contribution in [0.25, 0.3) is 0 Å². The quantitative estimate of drug-likeness (QED) is 0.846. The molecule has 0 saturated carbocycles. The van der Waals surface area contributed by atoms with E-state index in [2.05, 4.69) is 10.3 Å². The number of hydrogen-bond donors (Lipinski definition) is 1. The topological polar surface area (TPSA) is 34.1 Å². The van der Waals surface area contributed by atoms with Crippen LogP contribution in [0.5, 0.6) is 5.88 Å². The summed E-state index contributed by atoms with van der Waals surface area (Å²) >= 11 is 0. The molecule has 0 spiro atoms. The molecule has 1 aromatic heterocycles. The van der Waals surface area contributed by atoms with E-state index in [0.717, 1.165) is 25.2 Å². The van der Waals surface area contributed by atoms with E-state index in [0.29, 0.717) is 6.54 Å². The number of hydrogen-bond acceptors (Lipinski definition) is 3. The van der Waals surface area contributed by atoms with Crippen molar-refractivity contribution in [3.05, 3.63) is 23.9 Å². The molecule has 0 amide bonds. The van der Waals surface area contributed by atoms with Crippen LogP contribution < -0.4 is 10.1 Å². The lowest BCUT2D eigenvalue weighted by atomic mass is 10.3. The summed E-state index contributed by atoms with van der Waals surface area (Å²) in [7, 11) is 0. The molecule has 0 aliphatic carbocycles. The van der Waals surface area contributed by atoms with Gasteiger partial charge in [0.1, 0.15) is 11.9 Å². The second kappa shape index (κ2) is 5.23. The minimum absolute atomic E-state index is 0. The minimum atomic E-state index is -0.753. The first-order valence-corrected chi connectivity index (χ1v) is 4.44. The summed E-state index contributed by atoms with van der Waals surface area (Å²) in [5, 5.41) is 3.07. The molecule has 2 rings (SSSR count). The molecule has 1 saturated heterocycles. The van der Waals surface area contributed by atoms with Gasteiger partial charge in [-0.3, -0.25) is 0 Å². The van der Waals surface area contributed by atoms with Gasteiger partial charge in [0.25, 0.3) is 5.88 Å². The molecule has 1 atom stereocenters. The Labute approximate surface area is 92.3 Å². The first kappa shape index (κ1) is 12.1. The van der Waals surface area contributed by atoms with Crippen LogP contribution in [0.3, 0.4) is 0 Å². The molecule has 1 aliphatic heterocycles. The fourth-order valence-corrected chi connectivity index (χ4v) is 1.38. The molecular formula is C9H11ClF2N2O. The Hall–Kier alpha value is -0.940.